The normalized spacial score (nSPS) is 16.9. The van der Waals surface area contributed by atoms with Crippen molar-refractivity contribution in [2.45, 2.75) is 58.6 Å². The molecule has 1 N–H and O–H groups in total. The topological polar surface area (TPSA) is 26.2 Å². The highest BCUT2D eigenvalue weighted by molar-refractivity contribution is 5.81. The van der Waals surface area contributed by atoms with Crippen LogP contribution >= 0.6 is 0 Å². The first-order valence-electron chi connectivity index (χ1n) is 11.3. The van der Waals surface area contributed by atoms with E-state index in [1.54, 1.807) is 0 Å². The summed E-state index contributed by atoms with van der Waals surface area (Å²) in [6.45, 7) is 6.23. The molecule has 0 radical (unpaired) electrons. The Labute approximate surface area is 175 Å². The molecule has 3 aromatic rings. The third kappa shape index (κ3) is 5.42. The first-order chi connectivity index (χ1) is 14.3. The van der Waals surface area contributed by atoms with Crippen LogP contribution in [0.4, 0.5) is 0 Å². The van der Waals surface area contributed by atoms with Gasteiger partial charge in [-0.1, -0.05) is 48.7 Å². The number of fused-ring (bicyclic) bond motifs is 1. The Morgan fingerprint density at radius 3 is 2.72 bits per heavy atom. The average Bonchev–Trinajstić information content (AvgIpc) is 3.11. The first kappa shape index (κ1) is 20.0. The lowest BCUT2D eigenvalue weighted by atomic mass is 9.94. The molecule has 0 spiro atoms. The van der Waals surface area contributed by atoms with Gasteiger partial charge in [-0.25, -0.2) is 0 Å². The van der Waals surface area contributed by atoms with Gasteiger partial charge in [0.15, 0.2) is 0 Å². The molecule has 0 aliphatic carbocycles. The van der Waals surface area contributed by atoms with Crippen molar-refractivity contribution in [1.29, 1.82) is 0 Å². The summed E-state index contributed by atoms with van der Waals surface area (Å²) in [5, 5.41) is 4.85. The minimum Gasteiger partial charge on any atom is -0.487 e. The number of unbranched alkanes of at least 4 members (excludes halogenated alkanes) is 2. The third-order valence-corrected chi connectivity index (χ3v) is 6.20. The van der Waals surface area contributed by atoms with Gasteiger partial charge >= 0.3 is 0 Å². The van der Waals surface area contributed by atoms with E-state index in [-0.39, 0.29) is 0 Å². The van der Waals surface area contributed by atoms with Crippen LogP contribution < -0.4 is 10.1 Å². The molecule has 2 heterocycles. The Bertz CT molecular complexity index is 891. The summed E-state index contributed by atoms with van der Waals surface area (Å²) in [7, 11) is 0. The van der Waals surface area contributed by atoms with Crippen LogP contribution in [0, 0.1) is 12.8 Å². The molecule has 1 unspecified atom stereocenters. The number of nitrogens with zero attached hydrogens (tertiary/aromatic N) is 1. The van der Waals surface area contributed by atoms with E-state index < -0.39 is 0 Å². The van der Waals surface area contributed by atoms with Crippen molar-refractivity contribution in [2.75, 3.05) is 13.1 Å². The molecular formula is C26H34N2O. The lowest BCUT2D eigenvalue weighted by Crippen LogP contribution is -2.29. The molecule has 1 aliphatic rings. The van der Waals surface area contributed by atoms with Gasteiger partial charge < -0.3 is 14.6 Å². The molecule has 1 atom stereocenters. The van der Waals surface area contributed by atoms with Gasteiger partial charge in [0.1, 0.15) is 12.4 Å². The number of piperidine rings is 1. The zero-order valence-corrected chi connectivity index (χ0v) is 17.7. The molecule has 2 aromatic carbocycles. The number of ether oxygens (including phenoxy) is 1. The standard InChI is InChI=1S/C26H34N2O/c1-21-12-14-25(15-13-21)29-20-24-18-23-10-4-5-11-26(23)28(24)17-6-2-3-8-22-9-7-16-27-19-22/h4-5,10-15,18,22,27H,2-3,6-9,16-17,19-20H2,1H3. The van der Waals surface area contributed by atoms with Crippen LogP contribution in [0.3, 0.4) is 0 Å². The average molecular weight is 391 g/mol. The minimum atomic E-state index is 0.617. The van der Waals surface area contributed by atoms with E-state index in [1.165, 1.54) is 73.8 Å². The molecule has 3 heteroatoms. The number of aromatic nitrogens is 1. The molecule has 1 aromatic heterocycles. The first-order valence-corrected chi connectivity index (χ1v) is 11.3. The summed E-state index contributed by atoms with van der Waals surface area (Å²) < 4.78 is 8.56. The SMILES string of the molecule is Cc1ccc(OCc2cc3ccccc3n2CCCCCC2CCCNC2)cc1. The summed E-state index contributed by atoms with van der Waals surface area (Å²) in [5.41, 5.74) is 3.85. The molecule has 1 fully saturated rings. The second-order valence-electron chi connectivity index (χ2n) is 8.51. The van der Waals surface area contributed by atoms with Crippen LogP contribution in [0.5, 0.6) is 5.75 Å². The maximum absolute atomic E-state index is 6.10. The quantitative estimate of drug-likeness (QED) is 0.448. The molecule has 29 heavy (non-hydrogen) atoms. The molecular weight excluding hydrogens is 356 g/mol. The zero-order valence-electron chi connectivity index (χ0n) is 17.7. The molecule has 1 saturated heterocycles. The van der Waals surface area contributed by atoms with Gasteiger partial charge in [-0.05, 0) is 81.3 Å². The maximum atomic E-state index is 6.10. The Balaban J connectivity index is 1.35. The van der Waals surface area contributed by atoms with Crippen LogP contribution in [0.15, 0.2) is 54.6 Å². The number of hydrogen-bond acceptors (Lipinski definition) is 2. The van der Waals surface area contributed by atoms with Crippen molar-refractivity contribution in [3.8, 4) is 5.75 Å². The zero-order chi connectivity index (χ0) is 19.9. The predicted octanol–water partition coefficient (Wildman–Crippen LogP) is 6.09. The van der Waals surface area contributed by atoms with Crippen molar-refractivity contribution in [3.05, 3.63) is 65.9 Å². The fraction of sp³-hybridized carbons (Fsp3) is 0.462. The Morgan fingerprint density at radius 2 is 1.90 bits per heavy atom. The molecule has 4 rings (SSSR count). The highest BCUT2D eigenvalue weighted by atomic mass is 16.5. The number of hydrogen-bond donors (Lipinski definition) is 1. The van der Waals surface area contributed by atoms with Crippen LogP contribution in [0.2, 0.25) is 0 Å². The highest BCUT2D eigenvalue weighted by Crippen LogP contribution is 2.23. The molecule has 154 valence electrons. The van der Waals surface area contributed by atoms with E-state index in [2.05, 4.69) is 71.4 Å². The molecule has 3 nitrogen and oxygen atoms in total. The van der Waals surface area contributed by atoms with Crippen molar-refractivity contribution in [2.24, 2.45) is 5.92 Å². The van der Waals surface area contributed by atoms with Gasteiger partial charge in [0, 0.05) is 12.1 Å². The van der Waals surface area contributed by atoms with Gasteiger partial charge in [0.2, 0.25) is 0 Å². The Hall–Kier alpha value is -2.26. The Kier molecular flexibility index (Phi) is 6.89. The smallest absolute Gasteiger partial charge is 0.128 e. The van der Waals surface area contributed by atoms with Crippen molar-refractivity contribution >= 4 is 10.9 Å². The number of aryl methyl sites for hydroxylation is 2. The number of rotatable bonds is 9. The van der Waals surface area contributed by atoms with Crippen molar-refractivity contribution in [1.82, 2.24) is 9.88 Å². The van der Waals surface area contributed by atoms with Gasteiger partial charge in [0.25, 0.3) is 0 Å². The van der Waals surface area contributed by atoms with Gasteiger partial charge in [-0.15, -0.1) is 0 Å². The number of para-hydroxylation sites is 1. The van der Waals surface area contributed by atoms with Crippen molar-refractivity contribution in [3.63, 3.8) is 0 Å². The lowest BCUT2D eigenvalue weighted by molar-refractivity contribution is 0.294. The predicted molar refractivity (Wildman–Crippen MR) is 122 cm³/mol. The monoisotopic (exact) mass is 390 g/mol. The summed E-state index contributed by atoms with van der Waals surface area (Å²) in [6, 6.07) is 19.3. The Morgan fingerprint density at radius 1 is 1.03 bits per heavy atom. The third-order valence-electron chi connectivity index (χ3n) is 6.20. The van der Waals surface area contributed by atoms with Crippen LogP contribution in [0.25, 0.3) is 10.9 Å². The second kappa shape index (κ2) is 9.98. The largest absolute Gasteiger partial charge is 0.487 e. The van der Waals surface area contributed by atoms with Gasteiger partial charge in [-0.2, -0.15) is 0 Å². The molecule has 0 saturated carbocycles. The van der Waals surface area contributed by atoms with Crippen LogP contribution in [-0.2, 0) is 13.2 Å². The fourth-order valence-corrected chi connectivity index (χ4v) is 4.49. The highest BCUT2D eigenvalue weighted by Gasteiger charge is 2.13. The summed E-state index contributed by atoms with van der Waals surface area (Å²) in [5.74, 6) is 1.84. The summed E-state index contributed by atoms with van der Waals surface area (Å²) in [6.07, 6.45) is 8.03. The van der Waals surface area contributed by atoms with E-state index in [0.717, 1.165) is 18.2 Å². The van der Waals surface area contributed by atoms with Gasteiger partial charge in [-0.3, -0.25) is 0 Å². The van der Waals surface area contributed by atoms with Crippen LogP contribution in [-0.4, -0.2) is 17.7 Å². The van der Waals surface area contributed by atoms with E-state index >= 15 is 0 Å². The van der Waals surface area contributed by atoms with E-state index in [9.17, 15) is 0 Å². The summed E-state index contributed by atoms with van der Waals surface area (Å²) >= 11 is 0. The van der Waals surface area contributed by atoms with E-state index in [0.29, 0.717) is 6.61 Å². The minimum absolute atomic E-state index is 0.617. The second-order valence-corrected chi connectivity index (χ2v) is 8.51. The number of nitrogens with one attached hydrogen (secondary N) is 1. The van der Waals surface area contributed by atoms with Crippen molar-refractivity contribution < 1.29 is 4.74 Å². The van der Waals surface area contributed by atoms with Crippen LogP contribution in [0.1, 0.15) is 49.8 Å². The molecule has 0 amide bonds. The summed E-state index contributed by atoms with van der Waals surface area (Å²) in [4.78, 5) is 0. The van der Waals surface area contributed by atoms with E-state index in [4.69, 9.17) is 4.74 Å². The van der Waals surface area contributed by atoms with E-state index in [1.807, 2.05) is 0 Å². The fourth-order valence-electron chi connectivity index (χ4n) is 4.49. The molecule has 0 bridgehead atoms. The molecule has 1 aliphatic heterocycles. The lowest BCUT2D eigenvalue weighted by Gasteiger charge is -2.22. The number of benzene rings is 2. The van der Waals surface area contributed by atoms with Gasteiger partial charge in [0.05, 0.1) is 5.69 Å². The maximum Gasteiger partial charge on any atom is 0.128 e.